The molecule has 8 nitrogen and oxygen atoms in total. The number of ether oxygens (including phenoxy) is 1. The van der Waals surface area contributed by atoms with Gasteiger partial charge in [0.25, 0.3) is 15.9 Å². The highest BCUT2D eigenvalue weighted by atomic mass is 79.9. The molecule has 0 fully saturated rings. The van der Waals surface area contributed by atoms with Crippen molar-refractivity contribution in [1.29, 1.82) is 0 Å². The molecule has 0 atom stereocenters. The second kappa shape index (κ2) is 7.68. The number of carbonyl (C=O) groups is 2. The molecule has 0 aliphatic carbocycles. The molecule has 0 spiro atoms. The molecule has 0 aliphatic heterocycles. The molecule has 2 aromatic rings. The summed E-state index contributed by atoms with van der Waals surface area (Å²) in [6.45, 7) is 0. The summed E-state index contributed by atoms with van der Waals surface area (Å²) in [4.78, 5) is 25.6. The number of hydrazine groups is 1. The summed E-state index contributed by atoms with van der Waals surface area (Å²) in [5.41, 5.74) is 2.18. The van der Waals surface area contributed by atoms with Crippen molar-refractivity contribution in [2.24, 2.45) is 7.05 Å². The molecule has 11 heteroatoms. The third-order valence-corrected chi connectivity index (χ3v) is 5.37. The lowest BCUT2D eigenvalue weighted by molar-refractivity contribution is 0.0596. The molecule has 1 amide bonds. The Labute approximate surface area is 160 Å². The summed E-state index contributed by atoms with van der Waals surface area (Å²) in [6.07, 6.45) is 1.65. The molecule has 0 aliphatic rings. The first-order valence-corrected chi connectivity index (χ1v) is 9.74. The fourth-order valence-corrected chi connectivity index (χ4v) is 3.89. The third kappa shape index (κ3) is 4.48. The van der Waals surface area contributed by atoms with Crippen LogP contribution in [0, 0.1) is 0 Å². The zero-order chi connectivity index (χ0) is 18.8. The number of rotatable bonds is 5. The van der Waals surface area contributed by atoms with Gasteiger partial charge in [-0.3, -0.25) is 10.2 Å². The van der Waals surface area contributed by atoms with Gasteiger partial charge in [-0.15, -0.1) is 4.83 Å². The van der Waals surface area contributed by atoms with Gasteiger partial charge in [-0.2, -0.15) is 0 Å². The molecule has 1 aromatic heterocycles. The van der Waals surface area contributed by atoms with E-state index < -0.39 is 21.9 Å². The molecule has 2 rings (SSSR count). The first kappa shape index (κ1) is 19.6. The number of hydrogen-bond donors (Lipinski definition) is 2. The largest absolute Gasteiger partial charge is 0.465 e. The fourth-order valence-electron chi connectivity index (χ4n) is 1.99. The number of methoxy groups -OCH3 is 1. The highest BCUT2D eigenvalue weighted by molar-refractivity contribution is 9.10. The van der Waals surface area contributed by atoms with E-state index in [4.69, 9.17) is 0 Å². The Hall–Kier alpha value is -1.69. The number of amides is 1. The van der Waals surface area contributed by atoms with Crippen LogP contribution in [0.3, 0.4) is 0 Å². The van der Waals surface area contributed by atoms with Gasteiger partial charge in [-0.25, -0.2) is 13.2 Å². The van der Waals surface area contributed by atoms with Crippen LogP contribution in [0.5, 0.6) is 0 Å². The van der Waals surface area contributed by atoms with E-state index in [1.54, 1.807) is 13.2 Å². The van der Waals surface area contributed by atoms with Crippen molar-refractivity contribution >= 4 is 53.8 Å². The van der Waals surface area contributed by atoms with Crippen LogP contribution in [-0.2, 0) is 21.8 Å². The predicted molar refractivity (Wildman–Crippen MR) is 96.4 cm³/mol. The van der Waals surface area contributed by atoms with E-state index in [1.807, 2.05) is 4.83 Å². The van der Waals surface area contributed by atoms with Gasteiger partial charge < -0.3 is 9.30 Å². The monoisotopic (exact) mass is 493 g/mol. The van der Waals surface area contributed by atoms with Gasteiger partial charge in [-0.05, 0) is 40.2 Å². The zero-order valence-electron chi connectivity index (χ0n) is 13.0. The van der Waals surface area contributed by atoms with E-state index in [-0.39, 0.29) is 16.2 Å². The Balaban J connectivity index is 2.27. The Morgan fingerprint density at radius 1 is 1.16 bits per heavy atom. The van der Waals surface area contributed by atoms with E-state index in [0.717, 1.165) is 7.11 Å². The number of benzene rings is 1. The maximum absolute atomic E-state index is 12.4. The van der Waals surface area contributed by atoms with E-state index in [0.29, 0.717) is 8.95 Å². The minimum atomic E-state index is -4.20. The maximum atomic E-state index is 12.4. The molecule has 0 bridgehead atoms. The SMILES string of the molecule is COC(=O)c1cc(Br)ccc1S(=O)(=O)NNC(=O)c1cc(Br)cn1C. The Kier molecular flexibility index (Phi) is 6.03. The number of aromatic nitrogens is 1. The molecule has 134 valence electrons. The lowest BCUT2D eigenvalue weighted by Crippen LogP contribution is -2.42. The summed E-state index contributed by atoms with van der Waals surface area (Å²) in [6, 6.07) is 5.53. The summed E-state index contributed by atoms with van der Waals surface area (Å²) in [5.74, 6) is -1.48. The lowest BCUT2D eigenvalue weighted by Gasteiger charge is -2.12. The molecule has 0 saturated carbocycles. The van der Waals surface area contributed by atoms with Gasteiger partial charge in [0, 0.05) is 22.2 Å². The Bertz CT molecular complexity index is 940. The van der Waals surface area contributed by atoms with Gasteiger partial charge in [0.2, 0.25) is 0 Å². The summed E-state index contributed by atoms with van der Waals surface area (Å²) < 4.78 is 32.2. The van der Waals surface area contributed by atoms with Crippen molar-refractivity contribution in [3.63, 3.8) is 0 Å². The number of aryl methyl sites for hydroxylation is 1. The van der Waals surface area contributed by atoms with E-state index in [2.05, 4.69) is 42.0 Å². The van der Waals surface area contributed by atoms with E-state index in [1.165, 1.54) is 28.8 Å². The first-order valence-electron chi connectivity index (χ1n) is 6.67. The molecule has 25 heavy (non-hydrogen) atoms. The average molecular weight is 495 g/mol. The molecular weight excluding hydrogens is 482 g/mol. The number of halogens is 2. The van der Waals surface area contributed by atoms with Crippen molar-refractivity contribution in [1.82, 2.24) is 14.8 Å². The smallest absolute Gasteiger partial charge is 0.339 e. The number of carbonyl (C=O) groups excluding carboxylic acids is 2. The van der Waals surface area contributed by atoms with Crippen LogP contribution in [0.4, 0.5) is 0 Å². The van der Waals surface area contributed by atoms with Crippen LogP contribution < -0.4 is 10.3 Å². The van der Waals surface area contributed by atoms with Crippen LogP contribution >= 0.6 is 31.9 Å². The Morgan fingerprint density at radius 2 is 1.84 bits per heavy atom. The highest BCUT2D eigenvalue weighted by Gasteiger charge is 2.24. The lowest BCUT2D eigenvalue weighted by atomic mass is 10.2. The number of hydrogen-bond acceptors (Lipinski definition) is 5. The van der Waals surface area contributed by atoms with Crippen LogP contribution in [0.1, 0.15) is 20.8 Å². The van der Waals surface area contributed by atoms with E-state index >= 15 is 0 Å². The van der Waals surface area contributed by atoms with Gasteiger partial charge in [0.15, 0.2) is 0 Å². The highest BCUT2D eigenvalue weighted by Crippen LogP contribution is 2.21. The van der Waals surface area contributed by atoms with E-state index in [9.17, 15) is 18.0 Å². The van der Waals surface area contributed by atoms with Crippen molar-refractivity contribution in [3.05, 3.63) is 50.7 Å². The van der Waals surface area contributed by atoms with Crippen LogP contribution in [0.25, 0.3) is 0 Å². The maximum Gasteiger partial charge on any atom is 0.339 e. The van der Waals surface area contributed by atoms with Crippen molar-refractivity contribution in [3.8, 4) is 0 Å². The summed E-state index contributed by atoms with van der Waals surface area (Å²) >= 11 is 6.39. The van der Waals surface area contributed by atoms with Gasteiger partial charge in [-0.1, -0.05) is 15.9 Å². The third-order valence-electron chi connectivity index (χ3n) is 3.14. The normalized spacial score (nSPS) is 11.2. The van der Waals surface area contributed by atoms with Crippen molar-refractivity contribution < 1.29 is 22.7 Å². The fraction of sp³-hybridized carbons (Fsp3) is 0.143. The predicted octanol–water partition coefficient (Wildman–Crippen LogP) is 1.96. The molecule has 1 heterocycles. The zero-order valence-corrected chi connectivity index (χ0v) is 17.0. The minimum Gasteiger partial charge on any atom is -0.465 e. The van der Waals surface area contributed by atoms with Gasteiger partial charge in [0.05, 0.1) is 17.6 Å². The molecule has 2 N–H and O–H groups in total. The first-order chi connectivity index (χ1) is 11.7. The van der Waals surface area contributed by atoms with Crippen molar-refractivity contribution in [2.75, 3.05) is 7.11 Å². The van der Waals surface area contributed by atoms with Gasteiger partial charge >= 0.3 is 5.97 Å². The topological polar surface area (TPSA) is 106 Å². The molecule has 0 radical (unpaired) electrons. The molecular formula is C14H13Br2N3O5S. The second-order valence-electron chi connectivity index (χ2n) is 4.85. The number of esters is 1. The average Bonchev–Trinajstić information content (AvgIpc) is 2.90. The molecule has 0 unspecified atom stereocenters. The number of nitrogens with zero attached hydrogens (tertiary/aromatic N) is 1. The summed E-state index contributed by atoms with van der Waals surface area (Å²) in [5, 5.41) is 0. The minimum absolute atomic E-state index is 0.166. The van der Waals surface area contributed by atoms with Crippen molar-refractivity contribution in [2.45, 2.75) is 4.90 Å². The molecule has 1 aromatic carbocycles. The second-order valence-corrected chi connectivity index (χ2v) is 8.33. The molecule has 0 saturated heterocycles. The van der Waals surface area contributed by atoms with Crippen LogP contribution in [-0.4, -0.2) is 32.0 Å². The van der Waals surface area contributed by atoms with Gasteiger partial charge in [0.1, 0.15) is 5.69 Å². The number of sulfonamides is 1. The number of nitrogens with one attached hydrogen (secondary N) is 2. The quantitative estimate of drug-likeness (QED) is 0.488. The standard InChI is InChI=1S/C14H13Br2N3O5S/c1-19-7-9(16)6-11(19)13(20)17-18-25(22,23)12-4-3-8(15)5-10(12)14(21)24-2/h3-7,18H,1-2H3,(H,17,20). The Morgan fingerprint density at radius 3 is 2.40 bits per heavy atom. The summed E-state index contributed by atoms with van der Waals surface area (Å²) in [7, 11) is -1.42. The van der Waals surface area contributed by atoms with Crippen LogP contribution in [0.15, 0.2) is 44.3 Å². The van der Waals surface area contributed by atoms with Crippen LogP contribution in [0.2, 0.25) is 0 Å².